The minimum atomic E-state index is -5.02. The van der Waals surface area contributed by atoms with Crippen LogP contribution in [0.15, 0.2) is 41.0 Å². The number of aliphatic carboxylic acids is 1. The number of rotatable bonds is 14. The van der Waals surface area contributed by atoms with E-state index in [2.05, 4.69) is 30.0 Å². The number of nitrogens with two attached hydrogens (primary N) is 2. The Morgan fingerprint density at radius 2 is 2.05 bits per heavy atom. The van der Waals surface area contributed by atoms with Gasteiger partial charge in [-0.1, -0.05) is 5.16 Å². The number of nitrogen functional groups attached to an aromatic ring is 1. The van der Waals surface area contributed by atoms with E-state index >= 15 is 0 Å². The van der Waals surface area contributed by atoms with Crippen LogP contribution in [0.2, 0.25) is 0 Å². The molecule has 1 aliphatic heterocycles. The standard InChI is InChI=1S/C24H28N8O10S2/c1-24(2)18(21(34)32(24)42-44(37,38)39)30-20(33)17(15-11-43-23(26)29-15)31-41-16(22(35)36)10-40-13-3-4-14-12(9-13)5-7-27-19(14)28-8-6-25/h3-5,7,9,11,16,18H,6,8,10,25H2,1-2H3,(H2,26,29)(H,27,28)(H,30,33)(H,35,36)(H,37,38,39)/b31-17-/t16?,18-/m1/s1. The van der Waals surface area contributed by atoms with Crippen molar-refractivity contribution in [3.05, 3.63) is 41.5 Å². The molecule has 0 aliphatic carbocycles. The molecule has 18 nitrogen and oxygen atoms in total. The molecule has 2 atom stereocenters. The average molecular weight is 653 g/mol. The van der Waals surface area contributed by atoms with Crippen molar-refractivity contribution >= 4 is 67.0 Å². The lowest BCUT2D eigenvalue weighted by Gasteiger charge is -2.50. The van der Waals surface area contributed by atoms with Crippen molar-refractivity contribution in [1.82, 2.24) is 20.3 Å². The van der Waals surface area contributed by atoms with E-state index < -0.39 is 58.2 Å². The Morgan fingerprint density at radius 1 is 1.30 bits per heavy atom. The molecule has 8 N–H and O–H groups in total. The maximum absolute atomic E-state index is 13.2. The van der Waals surface area contributed by atoms with Crippen LogP contribution >= 0.6 is 11.3 Å². The molecule has 2 amide bonds. The minimum Gasteiger partial charge on any atom is -0.489 e. The van der Waals surface area contributed by atoms with E-state index in [0.717, 1.165) is 22.1 Å². The number of pyridine rings is 1. The predicted octanol–water partition coefficient (Wildman–Crippen LogP) is -0.263. The largest absolute Gasteiger partial charge is 0.489 e. The van der Waals surface area contributed by atoms with Gasteiger partial charge in [-0.15, -0.1) is 15.6 Å². The van der Waals surface area contributed by atoms with Gasteiger partial charge in [0.2, 0.25) is 0 Å². The topological polar surface area (TPSA) is 271 Å². The number of carboxylic acids is 1. The fourth-order valence-electron chi connectivity index (χ4n) is 4.03. The highest BCUT2D eigenvalue weighted by Crippen LogP contribution is 2.33. The van der Waals surface area contributed by atoms with E-state index in [1.165, 1.54) is 19.2 Å². The van der Waals surface area contributed by atoms with Crippen LogP contribution in [0.5, 0.6) is 5.75 Å². The summed E-state index contributed by atoms with van der Waals surface area (Å²) in [7, 11) is -5.02. The van der Waals surface area contributed by atoms with Gasteiger partial charge in [0.05, 0.1) is 5.54 Å². The maximum atomic E-state index is 13.2. The third-order valence-corrected chi connectivity index (χ3v) is 7.23. The van der Waals surface area contributed by atoms with E-state index in [9.17, 15) is 27.9 Å². The molecule has 236 valence electrons. The number of anilines is 2. The predicted molar refractivity (Wildman–Crippen MR) is 156 cm³/mol. The van der Waals surface area contributed by atoms with Crippen LogP contribution in [0.4, 0.5) is 10.9 Å². The van der Waals surface area contributed by atoms with Crippen molar-refractivity contribution in [2.75, 3.05) is 30.7 Å². The number of carbonyl (C=O) groups excluding carboxylic acids is 2. The summed E-state index contributed by atoms with van der Waals surface area (Å²) in [4.78, 5) is 51.0. The second kappa shape index (κ2) is 12.9. The molecule has 2 aromatic heterocycles. The Balaban J connectivity index is 1.49. The zero-order valence-electron chi connectivity index (χ0n) is 23.2. The number of thiazole rings is 1. The third-order valence-electron chi connectivity index (χ3n) is 6.22. The molecule has 0 bridgehead atoms. The zero-order valence-corrected chi connectivity index (χ0v) is 24.8. The molecule has 1 fully saturated rings. The Bertz CT molecular complexity index is 1710. The highest BCUT2D eigenvalue weighted by Gasteiger charge is 2.58. The molecule has 20 heteroatoms. The van der Waals surface area contributed by atoms with E-state index in [4.69, 9.17) is 25.6 Å². The Morgan fingerprint density at radius 3 is 2.66 bits per heavy atom. The Kier molecular flexibility index (Phi) is 9.49. The summed E-state index contributed by atoms with van der Waals surface area (Å²) in [5, 5.41) is 22.2. The molecule has 44 heavy (non-hydrogen) atoms. The zero-order chi connectivity index (χ0) is 32.2. The normalized spacial score (nSPS) is 17.1. The lowest BCUT2D eigenvalue weighted by molar-refractivity contribution is -0.218. The fraction of sp³-hybridized carbons (Fsp3) is 0.333. The van der Waals surface area contributed by atoms with Crippen molar-refractivity contribution < 1.29 is 46.3 Å². The lowest BCUT2D eigenvalue weighted by Crippen LogP contribution is -2.76. The van der Waals surface area contributed by atoms with E-state index in [0.29, 0.717) is 29.7 Å². The van der Waals surface area contributed by atoms with Crippen LogP contribution in [-0.4, -0.2) is 94.0 Å². The third kappa shape index (κ3) is 7.29. The molecular formula is C24H28N8O10S2. The van der Waals surface area contributed by atoms with Crippen molar-refractivity contribution in [3.8, 4) is 5.75 Å². The molecule has 1 aliphatic rings. The number of ether oxygens (including phenoxy) is 1. The fourth-order valence-corrected chi connectivity index (χ4v) is 5.03. The molecule has 3 aromatic rings. The van der Waals surface area contributed by atoms with E-state index in [1.807, 2.05) is 0 Å². The van der Waals surface area contributed by atoms with Crippen LogP contribution < -0.4 is 26.8 Å². The molecule has 1 aromatic carbocycles. The van der Waals surface area contributed by atoms with Crippen LogP contribution in [0.1, 0.15) is 19.5 Å². The number of nitrogens with zero attached hydrogens (tertiary/aromatic N) is 4. The van der Waals surface area contributed by atoms with Crippen molar-refractivity contribution in [2.45, 2.75) is 31.5 Å². The molecular weight excluding hydrogens is 624 g/mol. The number of aromatic nitrogens is 2. The van der Waals surface area contributed by atoms with E-state index in [1.54, 1.807) is 30.5 Å². The van der Waals surface area contributed by atoms with Gasteiger partial charge < -0.3 is 36.8 Å². The van der Waals surface area contributed by atoms with Gasteiger partial charge in [-0.05, 0) is 43.5 Å². The first-order chi connectivity index (χ1) is 20.7. The van der Waals surface area contributed by atoms with Gasteiger partial charge in [-0.2, -0.15) is 13.5 Å². The van der Waals surface area contributed by atoms with Gasteiger partial charge in [0.1, 0.15) is 29.9 Å². The highest BCUT2D eigenvalue weighted by molar-refractivity contribution is 7.80. The van der Waals surface area contributed by atoms with Crippen LogP contribution in [-0.2, 0) is 33.9 Å². The van der Waals surface area contributed by atoms with Gasteiger partial charge >= 0.3 is 16.4 Å². The maximum Gasteiger partial charge on any atom is 0.418 e. The number of hydrogen-bond acceptors (Lipinski definition) is 15. The van der Waals surface area contributed by atoms with E-state index in [-0.39, 0.29) is 10.8 Å². The molecule has 0 radical (unpaired) electrons. The number of carbonyl (C=O) groups is 3. The molecule has 4 rings (SSSR count). The van der Waals surface area contributed by atoms with Gasteiger partial charge in [0.25, 0.3) is 17.9 Å². The number of hydroxylamine groups is 2. The summed E-state index contributed by atoms with van der Waals surface area (Å²) >= 11 is 0.954. The molecule has 1 saturated heterocycles. The first-order valence-corrected chi connectivity index (χ1v) is 14.9. The average Bonchev–Trinajstić information content (AvgIpc) is 3.39. The molecule has 3 heterocycles. The van der Waals surface area contributed by atoms with Crippen molar-refractivity contribution in [3.63, 3.8) is 0 Å². The van der Waals surface area contributed by atoms with Crippen molar-refractivity contribution in [2.24, 2.45) is 10.9 Å². The Hall–Kier alpha value is -4.63. The number of carboxylic acid groups (broad SMARTS) is 1. The van der Waals surface area contributed by atoms with Crippen molar-refractivity contribution in [1.29, 1.82) is 0 Å². The summed E-state index contributed by atoms with van der Waals surface area (Å²) < 4.78 is 41.0. The number of amides is 2. The molecule has 0 saturated carbocycles. The minimum absolute atomic E-state index is 0.0549. The first-order valence-electron chi connectivity index (χ1n) is 12.7. The Labute approximate surface area is 253 Å². The summed E-state index contributed by atoms with van der Waals surface area (Å²) in [6, 6.07) is 5.45. The number of fused-ring (bicyclic) bond motifs is 1. The van der Waals surface area contributed by atoms with Gasteiger partial charge in [-0.3, -0.25) is 14.1 Å². The van der Waals surface area contributed by atoms with Crippen LogP contribution in [0, 0.1) is 0 Å². The number of β-lactam (4-membered cyclic amide) rings is 1. The summed E-state index contributed by atoms with van der Waals surface area (Å²) in [5.41, 5.74) is 9.18. The number of hydrogen-bond donors (Lipinski definition) is 6. The number of oxime groups is 1. The monoisotopic (exact) mass is 652 g/mol. The first kappa shape index (κ1) is 32.3. The van der Waals surface area contributed by atoms with Gasteiger partial charge in [-0.25, -0.2) is 14.8 Å². The quantitative estimate of drug-likeness (QED) is 0.0566. The summed E-state index contributed by atoms with van der Waals surface area (Å²) in [6.45, 7) is 3.14. The highest BCUT2D eigenvalue weighted by atomic mass is 32.3. The second-order valence-electron chi connectivity index (χ2n) is 9.71. The number of nitrogens with one attached hydrogen (secondary N) is 2. The van der Waals surface area contributed by atoms with Gasteiger partial charge in [0.15, 0.2) is 10.8 Å². The van der Waals surface area contributed by atoms with Gasteiger partial charge in [0, 0.05) is 30.1 Å². The van der Waals surface area contributed by atoms with Crippen LogP contribution in [0.25, 0.3) is 10.8 Å². The summed E-state index contributed by atoms with van der Waals surface area (Å²) in [5.74, 6) is -2.54. The second-order valence-corrected chi connectivity index (χ2v) is 11.6. The molecule has 1 unspecified atom stereocenters. The number of benzene rings is 1. The SMILES string of the molecule is CC1(C)[C@H](NC(=O)/C(=N\OC(COc2ccc3c(NCCN)nccc3c2)C(=O)O)c2csc(N)n2)C(=O)N1OS(=O)(=O)O. The lowest BCUT2D eigenvalue weighted by atomic mass is 9.84. The van der Waals surface area contributed by atoms with Crippen LogP contribution in [0.3, 0.4) is 0 Å². The smallest absolute Gasteiger partial charge is 0.418 e. The molecule has 0 spiro atoms. The summed E-state index contributed by atoms with van der Waals surface area (Å²) in [6.07, 6.45) is -0.0954.